The van der Waals surface area contributed by atoms with E-state index in [1.165, 1.54) is 6.20 Å². The lowest BCUT2D eigenvalue weighted by Gasteiger charge is -2.14. The zero-order valence-electron chi connectivity index (χ0n) is 8.97. The fourth-order valence-corrected chi connectivity index (χ4v) is 1.48. The van der Waals surface area contributed by atoms with E-state index in [1.807, 2.05) is 0 Å². The van der Waals surface area contributed by atoms with Crippen LogP contribution >= 0.6 is 0 Å². The van der Waals surface area contributed by atoms with Gasteiger partial charge in [-0.1, -0.05) is 0 Å². The van der Waals surface area contributed by atoms with Gasteiger partial charge in [0.2, 0.25) is 0 Å². The van der Waals surface area contributed by atoms with Crippen molar-refractivity contribution < 1.29 is 13.2 Å². The minimum atomic E-state index is -1.22. The molecule has 17 heavy (non-hydrogen) atoms. The number of hydrogen-bond acceptors (Lipinski definition) is 2. The summed E-state index contributed by atoms with van der Waals surface area (Å²) >= 11 is 0. The van der Waals surface area contributed by atoms with E-state index in [0.717, 1.165) is 6.07 Å². The lowest BCUT2D eigenvalue weighted by Crippen LogP contribution is -2.09. The molecule has 0 bridgehead atoms. The van der Waals surface area contributed by atoms with Crippen LogP contribution in [0.5, 0.6) is 0 Å². The molecule has 1 heterocycles. The highest BCUT2D eigenvalue weighted by atomic mass is 19.2. The van der Waals surface area contributed by atoms with E-state index >= 15 is 0 Å². The van der Waals surface area contributed by atoms with Gasteiger partial charge in [-0.2, -0.15) is 5.10 Å². The second-order valence-corrected chi connectivity index (χ2v) is 3.63. The van der Waals surface area contributed by atoms with Gasteiger partial charge in [0.15, 0.2) is 11.6 Å². The number of halogens is 3. The summed E-state index contributed by atoms with van der Waals surface area (Å²) in [5, 5.41) is 9.09. The number of aromatic amines is 1. The first-order chi connectivity index (χ1) is 8.08. The Bertz CT molecular complexity index is 511. The average molecular weight is 241 g/mol. The van der Waals surface area contributed by atoms with Gasteiger partial charge in [0.25, 0.3) is 0 Å². The van der Waals surface area contributed by atoms with Crippen molar-refractivity contribution in [2.45, 2.75) is 13.0 Å². The average Bonchev–Trinajstić information content (AvgIpc) is 2.78. The first-order valence-electron chi connectivity index (χ1n) is 4.98. The van der Waals surface area contributed by atoms with Crippen LogP contribution < -0.4 is 5.32 Å². The normalized spacial score (nSPS) is 12.5. The van der Waals surface area contributed by atoms with Gasteiger partial charge < -0.3 is 5.32 Å². The van der Waals surface area contributed by atoms with Crippen molar-refractivity contribution in [1.82, 2.24) is 10.2 Å². The molecule has 2 N–H and O–H groups in total. The van der Waals surface area contributed by atoms with Crippen LogP contribution in [0.1, 0.15) is 18.7 Å². The molecule has 1 unspecified atom stereocenters. The summed E-state index contributed by atoms with van der Waals surface area (Å²) in [6.07, 6.45) is 1.54. The van der Waals surface area contributed by atoms with Gasteiger partial charge >= 0.3 is 0 Å². The van der Waals surface area contributed by atoms with Gasteiger partial charge in [-0.3, -0.25) is 5.10 Å². The standard InChI is InChI=1S/C11H10F3N3/c1-6(9-2-3-15-17-9)16-10-5-7(12)4-8(13)11(10)14/h2-6,16H,1H3,(H,15,17). The van der Waals surface area contributed by atoms with E-state index in [1.54, 1.807) is 13.0 Å². The van der Waals surface area contributed by atoms with Crippen LogP contribution in [0.3, 0.4) is 0 Å². The Morgan fingerprint density at radius 2 is 2.06 bits per heavy atom. The Morgan fingerprint density at radius 1 is 1.29 bits per heavy atom. The molecule has 1 atom stereocenters. The SMILES string of the molecule is CC(Nc1cc(F)cc(F)c1F)c1ccn[nH]1. The Hall–Kier alpha value is -1.98. The van der Waals surface area contributed by atoms with Crippen LogP contribution in [-0.2, 0) is 0 Å². The maximum absolute atomic E-state index is 13.4. The molecule has 0 aliphatic carbocycles. The van der Waals surface area contributed by atoms with Crippen molar-refractivity contribution in [3.05, 3.63) is 47.5 Å². The van der Waals surface area contributed by atoms with E-state index in [0.29, 0.717) is 11.8 Å². The second kappa shape index (κ2) is 4.48. The second-order valence-electron chi connectivity index (χ2n) is 3.63. The fraction of sp³-hybridized carbons (Fsp3) is 0.182. The summed E-state index contributed by atoms with van der Waals surface area (Å²) in [5.41, 5.74) is 0.471. The molecule has 0 saturated heterocycles. The molecule has 6 heteroatoms. The topological polar surface area (TPSA) is 40.7 Å². The van der Waals surface area contributed by atoms with Crippen LogP contribution in [0.2, 0.25) is 0 Å². The van der Waals surface area contributed by atoms with Crippen molar-refractivity contribution in [3.63, 3.8) is 0 Å². The molecule has 90 valence electrons. The largest absolute Gasteiger partial charge is 0.374 e. The lowest BCUT2D eigenvalue weighted by molar-refractivity contribution is 0.496. The number of benzene rings is 1. The molecule has 0 fully saturated rings. The van der Waals surface area contributed by atoms with Crippen LogP contribution in [0.25, 0.3) is 0 Å². The smallest absolute Gasteiger partial charge is 0.182 e. The molecule has 1 aromatic carbocycles. The van der Waals surface area contributed by atoms with E-state index in [-0.39, 0.29) is 11.7 Å². The Labute approximate surface area is 95.7 Å². The van der Waals surface area contributed by atoms with Crippen molar-refractivity contribution in [2.24, 2.45) is 0 Å². The third-order valence-electron chi connectivity index (χ3n) is 2.35. The van der Waals surface area contributed by atoms with E-state index in [4.69, 9.17) is 0 Å². The van der Waals surface area contributed by atoms with E-state index in [9.17, 15) is 13.2 Å². The van der Waals surface area contributed by atoms with Gasteiger partial charge in [0.1, 0.15) is 5.82 Å². The van der Waals surface area contributed by atoms with Gasteiger partial charge in [0, 0.05) is 18.3 Å². The van der Waals surface area contributed by atoms with Crippen molar-refractivity contribution >= 4 is 5.69 Å². The van der Waals surface area contributed by atoms with Crippen LogP contribution in [0, 0.1) is 17.5 Å². The summed E-state index contributed by atoms with van der Waals surface area (Å²) in [6, 6.07) is 2.76. The summed E-state index contributed by atoms with van der Waals surface area (Å²) in [5.74, 6) is -3.15. The molecule has 0 spiro atoms. The van der Waals surface area contributed by atoms with E-state index in [2.05, 4.69) is 15.5 Å². The molecule has 1 aromatic heterocycles. The first kappa shape index (κ1) is 11.5. The number of nitrogens with one attached hydrogen (secondary N) is 2. The molecule has 2 rings (SSSR count). The number of nitrogens with zero attached hydrogens (tertiary/aromatic N) is 1. The quantitative estimate of drug-likeness (QED) is 0.811. The predicted molar refractivity (Wildman–Crippen MR) is 56.9 cm³/mol. The van der Waals surface area contributed by atoms with Crippen LogP contribution in [0.15, 0.2) is 24.4 Å². The Kier molecular flexibility index (Phi) is 3.03. The van der Waals surface area contributed by atoms with Gasteiger partial charge in [-0.25, -0.2) is 13.2 Å². The zero-order chi connectivity index (χ0) is 12.4. The molecule has 0 saturated carbocycles. The molecule has 3 nitrogen and oxygen atoms in total. The monoisotopic (exact) mass is 241 g/mol. The molecule has 0 amide bonds. The van der Waals surface area contributed by atoms with Crippen LogP contribution in [0.4, 0.5) is 18.9 Å². The lowest BCUT2D eigenvalue weighted by atomic mass is 10.2. The van der Waals surface area contributed by atoms with Crippen LogP contribution in [-0.4, -0.2) is 10.2 Å². The number of anilines is 1. The summed E-state index contributed by atoms with van der Waals surface area (Å²) in [6.45, 7) is 1.72. The highest BCUT2D eigenvalue weighted by molar-refractivity contribution is 5.47. The van der Waals surface area contributed by atoms with Crippen molar-refractivity contribution in [2.75, 3.05) is 5.32 Å². The Balaban J connectivity index is 2.24. The van der Waals surface area contributed by atoms with Gasteiger partial charge in [-0.15, -0.1) is 0 Å². The minimum absolute atomic E-state index is 0.218. The first-order valence-corrected chi connectivity index (χ1v) is 4.98. The molecule has 0 aliphatic rings. The molecule has 2 aromatic rings. The van der Waals surface area contributed by atoms with E-state index < -0.39 is 17.5 Å². The third-order valence-corrected chi connectivity index (χ3v) is 2.35. The summed E-state index contributed by atoms with van der Waals surface area (Å²) in [4.78, 5) is 0. The highest BCUT2D eigenvalue weighted by Gasteiger charge is 2.14. The molecular formula is C11H10F3N3. The zero-order valence-corrected chi connectivity index (χ0v) is 8.97. The summed E-state index contributed by atoms with van der Waals surface area (Å²) in [7, 11) is 0. The number of rotatable bonds is 3. The Morgan fingerprint density at radius 3 is 2.71 bits per heavy atom. The van der Waals surface area contributed by atoms with Crippen molar-refractivity contribution in [1.29, 1.82) is 0 Å². The maximum atomic E-state index is 13.4. The highest BCUT2D eigenvalue weighted by Crippen LogP contribution is 2.23. The molecule has 0 aliphatic heterocycles. The number of aromatic nitrogens is 2. The fourth-order valence-electron chi connectivity index (χ4n) is 1.48. The van der Waals surface area contributed by atoms with Gasteiger partial charge in [-0.05, 0) is 13.0 Å². The maximum Gasteiger partial charge on any atom is 0.182 e. The third kappa shape index (κ3) is 2.41. The number of hydrogen-bond donors (Lipinski definition) is 2. The predicted octanol–water partition coefficient (Wildman–Crippen LogP) is 3.00. The number of H-pyrrole nitrogens is 1. The van der Waals surface area contributed by atoms with Gasteiger partial charge in [0.05, 0.1) is 17.4 Å². The molecule has 0 radical (unpaired) electrons. The minimum Gasteiger partial charge on any atom is -0.374 e. The summed E-state index contributed by atoms with van der Waals surface area (Å²) < 4.78 is 39.2. The molecular weight excluding hydrogens is 231 g/mol. The van der Waals surface area contributed by atoms with Crippen molar-refractivity contribution in [3.8, 4) is 0 Å².